The highest BCUT2D eigenvalue weighted by Gasteiger charge is 2.24. The Bertz CT molecular complexity index is 620. The third-order valence-electron chi connectivity index (χ3n) is 2.49. The van der Waals surface area contributed by atoms with Gasteiger partial charge >= 0.3 is 5.97 Å². The molecule has 21 heavy (non-hydrogen) atoms. The number of halogens is 2. The molecule has 0 aliphatic rings. The van der Waals surface area contributed by atoms with E-state index in [9.17, 15) is 17.6 Å². The average molecular weight is 340 g/mol. The molecule has 0 aliphatic carbocycles. The van der Waals surface area contributed by atoms with Crippen LogP contribution in [0.15, 0.2) is 17.0 Å². The largest absolute Gasteiger partial charge is 0.478 e. The Morgan fingerprint density at radius 3 is 2.71 bits per heavy atom. The summed E-state index contributed by atoms with van der Waals surface area (Å²) in [7, 11) is -4.18. The van der Waals surface area contributed by atoms with E-state index in [4.69, 9.17) is 21.4 Å². The van der Waals surface area contributed by atoms with Gasteiger partial charge in [0.2, 0.25) is 10.0 Å². The fourth-order valence-corrected chi connectivity index (χ4v) is 3.00. The van der Waals surface area contributed by atoms with Crippen molar-refractivity contribution < 1.29 is 27.4 Å². The van der Waals surface area contributed by atoms with Crippen LogP contribution in [-0.2, 0) is 14.8 Å². The number of nitrogens with one attached hydrogen (secondary N) is 1. The van der Waals surface area contributed by atoms with Gasteiger partial charge in [0, 0.05) is 24.8 Å². The second-order valence-electron chi connectivity index (χ2n) is 4.02. The highest BCUT2D eigenvalue weighted by Crippen LogP contribution is 2.23. The molecule has 1 aromatic carbocycles. The van der Waals surface area contributed by atoms with E-state index in [-0.39, 0.29) is 11.6 Å². The first kappa shape index (κ1) is 17.8. The van der Waals surface area contributed by atoms with Crippen LogP contribution in [0.3, 0.4) is 0 Å². The number of rotatable bonds is 8. The van der Waals surface area contributed by atoms with E-state index in [2.05, 4.69) is 4.72 Å². The van der Waals surface area contributed by atoms with Gasteiger partial charge in [0.1, 0.15) is 4.90 Å². The first-order chi connectivity index (χ1) is 9.79. The second-order valence-corrected chi connectivity index (χ2v) is 6.19. The maximum atomic E-state index is 13.9. The first-order valence-corrected chi connectivity index (χ1v) is 7.95. The van der Waals surface area contributed by atoms with Gasteiger partial charge in [-0.15, -0.1) is 0 Å². The van der Waals surface area contributed by atoms with Crippen LogP contribution in [0, 0.1) is 5.82 Å². The highest BCUT2D eigenvalue weighted by molar-refractivity contribution is 7.89. The van der Waals surface area contributed by atoms with Gasteiger partial charge in [-0.25, -0.2) is 22.3 Å². The first-order valence-electron chi connectivity index (χ1n) is 6.09. The third kappa shape index (κ3) is 4.92. The Balaban J connectivity index is 2.95. The molecule has 0 bridgehead atoms. The summed E-state index contributed by atoms with van der Waals surface area (Å²) in [6.45, 7) is 2.71. The molecular formula is C12H15ClFNO5S. The molecule has 6 nitrogen and oxygen atoms in total. The molecule has 0 fully saturated rings. The van der Waals surface area contributed by atoms with Gasteiger partial charge in [-0.3, -0.25) is 0 Å². The topological polar surface area (TPSA) is 92.7 Å². The van der Waals surface area contributed by atoms with E-state index in [1.54, 1.807) is 6.92 Å². The van der Waals surface area contributed by atoms with Crippen molar-refractivity contribution >= 4 is 27.6 Å². The van der Waals surface area contributed by atoms with Crippen LogP contribution in [0.25, 0.3) is 0 Å². The number of ether oxygens (including phenoxy) is 1. The number of hydrogen-bond acceptors (Lipinski definition) is 4. The standard InChI is InChI=1S/C12H15ClFNO5S/c1-2-20-5-3-4-15-21(18,19)10-7-8(13)6-9(11(10)14)12(16)17/h6-7,15H,2-5H2,1H3,(H,16,17). The van der Waals surface area contributed by atoms with Crippen molar-refractivity contribution in [3.8, 4) is 0 Å². The average Bonchev–Trinajstić information content (AvgIpc) is 2.40. The van der Waals surface area contributed by atoms with Crippen LogP contribution < -0.4 is 4.72 Å². The summed E-state index contributed by atoms with van der Waals surface area (Å²) in [6, 6.07) is 1.72. The van der Waals surface area contributed by atoms with Crippen molar-refractivity contribution in [3.63, 3.8) is 0 Å². The van der Waals surface area contributed by atoms with Crippen molar-refractivity contribution in [2.45, 2.75) is 18.2 Å². The fraction of sp³-hybridized carbons (Fsp3) is 0.417. The Morgan fingerprint density at radius 2 is 2.14 bits per heavy atom. The van der Waals surface area contributed by atoms with Gasteiger partial charge in [0.25, 0.3) is 0 Å². The second kappa shape index (κ2) is 7.69. The maximum absolute atomic E-state index is 13.9. The molecular weight excluding hydrogens is 325 g/mol. The summed E-state index contributed by atoms with van der Waals surface area (Å²) >= 11 is 5.63. The lowest BCUT2D eigenvalue weighted by Crippen LogP contribution is -2.27. The summed E-state index contributed by atoms with van der Waals surface area (Å²) in [4.78, 5) is 10.1. The number of sulfonamides is 1. The van der Waals surface area contributed by atoms with Crippen molar-refractivity contribution in [3.05, 3.63) is 28.5 Å². The molecule has 0 spiro atoms. The van der Waals surface area contributed by atoms with Crippen LogP contribution in [0.1, 0.15) is 23.7 Å². The van der Waals surface area contributed by atoms with Gasteiger partial charge in [-0.1, -0.05) is 11.6 Å². The van der Waals surface area contributed by atoms with Crippen LogP contribution >= 0.6 is 11.6 Å². The predicted molar refractivity (Wildman–Crippen MR) is 74.7 cm³/mol. The van der Waals surface area contributed by atoms with Crippen molar-refractivity contribution in [2.24, 2.45) is 0 Å². The third-order valence-corrected chi connectivity index (χ3v) is 4.16. The summed E-state index contributed by atoms with van der Waals surface area (Å²) in [5.74, 6) is -2.94. The number of carboxylic acids is 1. The fourth-order valence-electron chi connectivity index (χ4n) is 1.52. The van der Waals surface area contributed by atoms with Gasteiger partial charge in [-0.05, 0) is 25.5 Å². The maximum Gasteiger partial charge on any atom is 0.338 e. The quantitative estimate of drug-likeness (QED) is 0.705. The molecule has 0 radical (unpaired) electrons. The molecule has 1 rings (SSSR count). The molecule has 9 heteroatoms. The molecule has 0 atom stereocenters. The van der Waals surface area contributed by atoms with Gasteiger partial charge < -0.3 is 9.84 Å². The van der Waals surface area contributed by atoms with E-state index >= 15 is 0 Å². The zero-order chi connectivity index (χ0) is 16.0. The normalized spacial score (nSPS) is 11.6. The lowest BCUT2D eigenvalue weighted by Gasteiger charge is -2.10. The number of benzene rings is 1. The lowest BCUT2D eigenvalue weighted by atomic mass is 10.2. The summed E-state index contributed by atoms with van der Waals surface area (Å²) < 4.78 is 45.1. The van der Waals surface area contributed by atoms with Gasteiger partial charge in [0.15, 0.2) is 5.82 Å². The van der Waals surface area contributed by atoms with Crippen LogP contribution in [0.4, 0.5) is 4.39 Å². The van der Waals surface area contributed by atoms with Crippen molar-refractivity contribution in [1.82, 2.24) is 4.72 Å². The Morgan fingerprint density at radius 1 is 1.48 bits per heavy atom. The number of aromatic carboxylic acids is 1. The zero-order valence-corrected chi connectivity index (χ0v) is 12.8. The highest BCUT2D eigenvalue weighted by atomic mass is 35.5. The summed E-state index contributed by atoms with van der Waals surface area (Å²) in [5, 5.41) is 8.65. The molecule has 118 valence electrons. The van der Waals surface area contributed by atoms with Crippen LogP contribution in [-0.4, -0.2) is 39.3 Å². The molecule has 0 unspecified atom stereocenters. The minimum absolute atomic E-state index is 0.0384. The Hall–Kier alpha value is -1.22. The van der Waals surface area contributed by atoms with Crippen molar-refractivity contribution in [1.29, 1.82) is 0 Å². The van der Waals surface area contributed by atoms with E-state index in [0.29, 0.717) is 19.6 Å². The van der Waals surface area contributed by atoms with Gasteiger partial charge in [-0.2, -0.15) is 0 Å². The lowest BCUT2D eigenvalue weighted by molar-refractivity contribution is 0.0691. The molecule has 1 aromatic rings. The molecule has 0 amide bonds. The van der Waals surface area contributed by atoms with E-state index in [1.807, 2.05) is 0 Å². The summed E-state index contributed by atoms with van der Waals surface area (Å²) in [6.07, 6.45) is 0.404. The predicted octanol–water partition coefficient (Wildman–Crippen LogP) is 1.88. The molecule has 0 saturated heterocycles. The SMILES string of the molecule is CCOCCCNS(=O)(=O)c1cc(Cl)cc(C(=O)O)c1F. The number of carboxylic acid groups (broad SMARTS) is 1. The van der Waals surface area contributed by atoms with Crippen molar-refractivity contribution in [2.75, 3.05) is 19.8 Å². The summed E-state index contributed by atoms with van der Waals surface area (Å²) in [5.41, 5.74) is -0.794. The van der Waals surface area contributed by atoms with Crippen LogP contribution in [0.5, 0.6) is 0 Å². The van der Waals surface area contributed by atoms with Gasteiger partial charge in [0.05, 0.1) is 5.56 Å². The number of carbonyl (C=O) groups is 1. The zero-order valence-electron chi connectivity index (χ0n) is 11.2. The number of hydrogen-bond donors (Lipinski definition) is 2. The molecule has 0 aliphatic heterocycles. The molecule has 2 N–H and O–H groups in total. The molecule has 0 heterocycles. The Labute approximate surface area is 126 Å². The molecule has 0 saturated carbocycles. The van der Waals surface area contributed by atoms with Crippen LogP contribution in [0.2, 0.25) is 5.02 Å². The minimum atomic E-state index is -4.18. The Kier molecular flexibility index (Phi) is 6.53. The monoisotopic (exact) mass is 339 g/mol. The molecule has 0 aromatic heterocycles. The van der Waals surface area contributed by atoms with E-state index in [0.717, 1.165) is 12.1 Å². The minimum Gasteiger partial charge on any atom is -0.478 e. The smallest absolute Gasteiger partial charge is 0.338 e. The van der Waals surface area contributed by atoms with E-state index in [1.165, 1.54) is 0 Å². The van der Waals surface area contributed by atoms with E-state index < -0.39 is 32.3 Å².